The molecule has 2 aliphatic rings. The zero-order valence-corrected chi connectivity index (χ0v) is 15.6. The molecule has 1 atom stereocenters. The van der Waals surface area contributed by atoms with Gasteiger partial charge in [0.15, 0.2) is 0 Å². The van der Waals surface area contributed by atoms with E-state index >= 15 is 0 Å². The van der Waals surface area contributed by atoms with E-state index in [9.17, 15) is 0 Å². The standard InChI is InChI=1S/C19H26N4OS/c1-22(13-16-3-2-6-20-12-16)17-11-19(24-15-17)4-8-23(9-5-19)14-18-21-7-10-25-18/h2-3,6-7,10,12,17H,4-5,8-9,11,13-15H2,1H3. The van der Waals surface area contributed by atoms with E-state index in [0.717, 1.165) is 52.0 Å². The number of rotatable bonds is 5. The summed E-state index contributed by atoms with van der Waals surface area (Å²) in [5, 5.41) is 3.28. The Kier molecular flexibility index (Phi) is 5.12. The third-order valence-electron chi connectivity index (χ3n) is 5.58. The molecule has 0 saturated carbocycles. The van der Waals surface area contributed by atoms with Crippen molar-refractivity contribution in [1.82, 2.24) is 19.8 Å². The SMILES string of the molecule is CN(Cc1cccnc1)C1COC2(CCN(Cc3nccs3)CC2)C1. The number of likely N-dealkylation sites (N-methyl/N-ethyl adjacent to an activating group) is 1. The van der Waals surface area contributed by atoms with Crippen LogP contribution in [0.5, 0.6) is 0 Å². The van der Waals surface area contributed by atoms with Crippen LogP contribution in [-0.4, -0.2) is 58.2 Å². The molecule has 2 aromatic rings. The van der Waals surface area contributed by atoms with Crippen molar-refractivity contribution in [2.75, 3.05) is 26.7 Å². The summed E-state index contributed by atoms with van der Waals surface area (Å²) >= 11 is 1.75. The van der Waals surface area contributed by atoms with E-state index < -0.39 is 0 Å². The Bertz CT molecular complexity index is 655. The summed E-state index contributed by atoms with van der Waals surface area (Å²) in [7, 11) is 2.21. The van der Waals surface area contributed by atoms with Crippen molar-refractivity contribution in [3.05, 3.63) is 46.7 Å². The van der Waals surface area contributed by atoms with Gasteiger partial charge in [-0.15, -0.1) is 11.3 Å². The van der Waals surface area contributed by atoms with Gasteiger partial charge >= 0.3 is 0 Å². The van der Waals surface area contributed by atoms with Gasteiger partial charge in [0.1, 0.15) is 5.01 Å². The van der Waals surface area contributed by atoms with E-state index in [-0.39, 0.29) is 5.60 Å². The highest BCUT2D eigenvalue weighted by Crippen LogP contribution is 2.38. The Labute approximate surface area is 153 Å². The predicted octanol–water partition coefficient (Wildman–Crippen LogP) is 2.79. The average molecular weight is 359 g/mol. The lowest BCUT2D eigenvalue weighted by molar-refractivity contribution is -0.0452. The molecule has 2 saturated heterocycles. The Morgan fingerprint density at radius 1 is 1.36 bits per heavy atom. The largest absolute Gasteiger partial charge is 0.373 e. The smallest absolute Gasteiger partial charge is 0.107 e. The molecule has 0 aromatic carbocycles. The molecule has 2 aromatic heterocycles. The topological polar surface area (TPSA) is 41.5 Å². The van der Waals surface area contributed by atoms with Crippen molar-refractivity contribution in [3.8, 4) is 0 Å². The van der Waals surface area contributed by atoms with Crippen LogP contribution in [0, 0.1) is 0 Å². The molecule has 1 spiro atoms. The maximum absolute atomic E-state index is 6.34. The number of hydrogen-bond donors (Lipinski definition) is 0. The van der Waals surface area contributed by atoms with E-state index in [1.54, 1.807) is 11.3 Å². The number of thiazole rings is 1. The molecule has 0 amide bonds. The van der Waals surface area contributed by atoms with Crippen molar-refractivity contribution in [2.24, 2.45) is 0 Å². The lowest BCUT2D eigenvalue weighted by Gasteiger charge is -2.38. The lowest BCUT2D eigenvalue weighted by atomic mass is 9.87. The van der Waals surface area contributed by atoms with Crippen LogP contribution < -0.4 is 0 Å². The van der Waals surface area contributed by atoms with Crippen LogP contribution in [0.2, 0.25) is 0 Å². The maximum Gasteiger partial charge on any atom is 0.107 e. The van der Waals surface area contributed by atoms with Crippen LogP contribution in [-0.2, 0) is 17.8 Å². The van der Waals surface area contributed by atoms with Crippen molar-refractivity contribution < 1.29 is 4.74 Å². The Hall–Kier alpha value is -1.34. The van der Waals surface area contributed by atoms with Gasteiger partial charge in [0.05, 0.1) is 18.8 Å². The van der Waals surface area contributed by atoms with E-state index in [1.165, 1.54) is 10.6 Å². The first-order chi connectivity index (χ1) is 12.2. The second-order valence-corrected chi connectivity index (χ2v) is 8.31. The fourth-order valence-electron chi connectivity index (χ4n) is 4.00. The molecule has 0 radical (unpaired) electrons. The molecule has 0 aliphatic carbocycles. The molecule has 134 valence electrons. The molecular formula is C19H26N4OS. The molecule has 5 nitrogen and oxygen atoms in total. The third kappa shape index (κ3) is 4.08. The van der Waals surface area contributed by atoms with Crippen LogP contribution in [0.15, 0.2) is 36.1 Å². The zero-order chi connectivity index (χ0) is 17.1. The van der Waals surface area contributed by atoms with E-state index in [1.807, 2.05) is 24.7 Å². The van der Waals surface area contributed by atoms with Crippen molar-refractivity contribution >= 4 is 11.3 Å². The van der Waals surface area contributed by atoms with Crippen LogP contribution in [0.25, 0.3) is 0 Å². The second-order valence-electron chi connectivity index (χ2n) is 7.33. The van der Waals surface area contributed by atoms with E-state index in [0.29, 0.717) is 6.04 Å². The van der Waals surface area contributed by atoms with Crippen molar-refractivity contribution in [3.63, 3.8) is 0 Å². The van der Waals surface area contributed by atoms with Gasteiger partial charge in [0.2, 0.25) is 0 Å². The Morgan fingerprint density at radius 2 is 2.24 bits per heavy atom. The first kappa shape index (κ1) is 17.1. The van der Waals surface area contributed by atoms with Gasteiger partial charge in [-0.05, 0) is 37.9 Å². The molecule has 6 heteroatoms. The number of likely N-dealkylation sites (tertiary alicyclic amines) is 1. The molecule has 2 fully saturated rings. The maximum atomic E-state index is 6.34. The fourth-order valence-corrected chi connectivity index (χ4v) is 4.66. The van der Waals surface area contributed by atoms with Crippen LogP contribution in [0.1, 0.15) is 29.8 Å². The normalized spacial score (nSPS) is 23.5. The molecule has 1 unspecified atom stereocenters. The molecule has 2 aliphatic heterocycles. The first-order valence-electron chi connectivity index (χ1n) is 9.06. The first-order valence-corrected chi connectivity index (χ1v) is 9.94. The highest BCUT2D eigenvalue weighted by atomic mass is 32.1. The number of ether oxygens (including phenoxy) is 1. The van der Waals surface area contributed by atoms with Crippen LogP contribution in [0.4, 0.5) is 0 Å². The fraction of sp³-hybridized carbons (Fsp3) is 0.579. The average Bonchev–Trinajstić information content (AvgIpc) is 3.29. The Morgan fingerprint density at radius 3 is 2.96 bits per heavy atom. The molecule has 0 N–H and O–H groups in total. The van der Waals surface area contributed by atoms with Crippen molar-refractivity contribution in [1.29, 1.82) is 0 Å². The summed E-state index contributed by atoms with van der Waals surface area (Å²) in [5.41, 5.74) is 1.36. The second kappa shape index (κ2) is 7.50. The highest BCUT2D eigenvalue weighted by molar-refractivity contribution is 7.09. The van der Waals surface area contributed by atoms with Gasteiger partial charge in [0.25, 0.3) is 0 Å². The lowest BCUT2D eigenvalue weighted by Crippen LogP contribution is -2.44. The summed E-state index contributed by atoms with van der Waals surface area (Å²) in [6, 6.07) is 4.66. The van der Waals surface area contributed by atoms with Gasteiger partial charge in [-0.1, -0.05) is 6.07 Å². The third-order valence-corrected chi connectivity index (χ3v) is 6.34. The number of aromatic nitrogens is 2. The van der Waals surface area contributed by atoms with Crippen LogP contribution >= 0.6 is 11.3 Å². The molecule has 25 heavy (non-hydrogen) atoms. The number of piperidine rings is 1. The van der Waals surface area contributed by atoms with Gasteiger partial charge in [-0.25, -0.2) is 4.98 Å². The quantitative estimate of drug-likeness (QED) is 0.822. The monoisotopic (exact) mass is 358 g/mol. The minimum absolute atomic E-state index is 0.0905. The highest BCUT2D eigenvalue weighted by Gasteiger charge is 2.43. The van der Waals surface area contributed by atoms with Gasteiger partial charge < -0.3 is 4.74 Å². The number of pyridine rings is 1. The minimum Gasteiger partial charge on any atom is -0.373 e. The van der Waals surface area contributed by atoms with Gasteiger partial charge in [0, 0.05) is 49.6 Å². The summed E-state index contributed by atoms with van der Waals surface area (Å²) in [5.74, 6) is 0. The summed E-state index contributed by atoms with van der Waals surface area (Å²) < 4.78 is 6.34. The molecule has 4 heterocycles. The molecule has 4 rings (SSSR count). The summed E-state index contributed by atoms with van der Waals surface area (Å²) in [6.45, 7) is 4.99. The van der Waals surface area contributed by atoms with Gasteiger partial charge in [-0.3, -0.25) is 14.8 Å². The van der Waals surface area contributed by atoms with E-state index in [2.05, 4.69) is 38.3 Å². The molecular weight excluding hydrogens is 332 g/mol. The van der Waals surface area contributed by atoms with Crippen molar-refractivity contribution in [2.45, 2.75) is 44.0 Å². The minimum atomic E-state index is 0.0905. The summed E-state index contributed by atoms with van der Waals surface area (Å²) in [6.07, 6.45) is 9.10. The molecule has 0 bridgehead atoms. The van der Waals surface area contributed by atoms with E-state index in [4.69, 9.17) is 4.74 Å². The number of hydrogen-bond acceptors (Lipinski definition) is 6. The van der Waals surface area contributed by atoms with Crippen LogP contribution in [0.3, 0.4) is 0 Å². The van der Waals surface area contributed by atoms with Gasteiger partial charge in [-0.2, -0.15) is 0 Å². The number of nitrogens with zero attached hydrogens (tertiary/aromatic N) is 4. The predicted molar refractivity (Wildman–Crippen MR) is 99.4 cm³/mol. The Balaban J connectivity index is 1.28. The summed E-state index contributed by atoms with van der Waals surface area (Å²) in [4.78, 5) is 13.6. The zero-order valence-electron chi connectivity index (χ0n) is 14.8.